The zero-order valence-electron chi connectivity index (χ0n) is 13.7. The topological polar surface area (TPSA) is 32.3 Å². The molecule has 1 aliphatic heterocycles. The van der Waals surface area contributed by atoms with Crippen molar-refractivity contribution in [3.63, 3.8) is 0 Å². The van der Waals surface area contributed by atoms with E-state index in [1.54, 1.807) is 0 Å². The summed E-state index contributed by atoms with van der Waals surface area (Å²) < 4.78 is 0. The minimum absolute atomic E-state index is 0.116. The van der Waals surface area contributed by atoms with Gasteiger partial charge in [0.05, 0.1) is 6.54 Å². The quantitative estimate of drug-likeness (QED) is 0.917. The van der Waals surface area contributed by atoms with E-state index in [1.807, 2.05) is 0 Å². The van der Waals surface area contributed by atoms with Crippen molar-refractivity contribution in [1.82, 2.24) is 4.90 Å². The number of hydrogen-bond acceptors (Lipinski definition) is 2. The first-order chi connectivity index (χ1) is 10.1. The first-order valence-corrected chi connectivity index (χ1v) is 8.16. The molecule has 21 heavy (non-hydrogen) atoms. The molecule has 3 nitrogen and oxygen atoms in total. The average molecular weight is 288 g/mol. The molecule has 0 spiro atoms. The van der Waals surface area contributed by atoms with Crippen LogP contribution in [0, 0.1) is 20.8 Å². The predicted octanol–water partition coefficient (Wildman–Crippen LogP) is 3.82. The van der Waals surface area contributed by atoms with Crippen LogP contribution in [0.15, 0.2) is 12.1 Å². The van der Waals surface area contributed by atoms with Crippen molar-refractivity contribution in [2.24, 2.45) is 0 Å². The Labute approximate surface area is 128 Å². The molecule has 116 valence electrons. The highest BCUT2D eigenvalue weighted by atomic mass is 16.2. The fraction of sp³-hybridized carbons (Fsp3) is 0.611. The Kier molecular flexibility index (Phi) is 5.80. The minimum Gasteiger partial charge on any atom is -0.324 e. The number of nitrogens with zero attached hydrogens (tertiary/aromatic N) is 1. The maximum Gasteiger partial charge on any atom is 0.238 e. The van der Waals surface area contributed by atoms with Gasteiger partial charge in [0.25, 0.3) is 0 Å². The Morgan fingerprint density at radius 1 is 1.00 bits per heavy atom. The largest absolute Gasteiger partial charge is 0.324 e. The standard InChI is InChI=1S/C18H28N2O/c1-14-11-15(2)18(16(3)12-14)19-17(21)13-20-9-7-5-4-6-8-10-20/h11-12H,4-10,13H2,1-3H3,(H,19,21). The minimum atomic E-state index is 0.116. The third kappa shape index (κ3) is 4.85. The predicted molar refractivity (Wildman–Crippen MR) is 88.8 cm³/mol. The van der Waals surface area contributed by atoms with Gasteiger partial charge in [0, 0.05) is 5.69 Å². The van der Waals surface area contributed by atoms with Crippen molar-refractivity contribution >= 4 is 11.6 Å². The lowest BCUT2D eigenvalue weighted by molar-refractivity contribution is -0.117. The number of carbonyl (C=O) groups is 1. The molecule has 1 amide bonds. The fourth-order valence-electron chi connectivity index (χ4n) is 3.23. The summed E-state index contributed by atoms with van der Waals surface area (Å²) in [4.78, 5) is 14.6. The van der Waals surface area contributed by atoms with E-state index in [2.05, 4.69) is 43.1 Å². The highest BCUT2D eigenvalue weighted by Gasteiger charge is 2.14. The van der Waals surface area contributed by atoms with Crippen LogP contribution in [0.2, 0.25) is 0 Å². The molecule has 1 saturated heterocycles. The van der Waals surface area contributed by atoms with Crippen LogP contribution in [0.5, 0.6) is 0 Å². The van der Waals surface area contributed by atoms with Crippen molar-refractivity contribution in [3.8, 4) is 0 Å². The molecular weight excluding hydrogens is 260 g/mol. The zero-order chi connectivity index (χ0) is 15.2. The van der Waals surface area contributed by atoms with Gasteiger partial charge in [-0.1, -0.05) is 37.0 Å². The summed E-state index contributed by atoms with van der Waals surface area (Å²) in [5.74, 6) is 0.116. The van der Waals surface area contributed by atoms with E-state index in [-0.39, 0.29) is 5.91 Å². The smallest absolute Gasteiger partial charge is 0.238 e. The third-order valence-corrected chi connectivity index (χ3v) is 4.26. The highest BCUT2D eigenvalue weighted by molar-refractivity contribution is 5.93. The number of anilines is 1. The molecular formula is C18H28N2O. The molecule has 1 heterocycles. The Hall–Kier alpha value is -1.35. The second-order valence-electron chi connectivity index (χ2n) is 6.37. The molecule has 1 aliphatic rings. The molecule has 1 fully saturated rings. The van der Waals surface area contributed by atoms with Crippen molar-refractivity contribution < 1.29 is 4.79 Å². The van der Waals surface area contributed by atoms with Gasteiger partial charge in [-0.05, 0) is 57.8 Å². The summed E-state index contributed by atoms with van der Waals surface area (Å²) in [6.07, 6.45) is 6.39. The van der Waals surface area contributed by atoms with Crippen molar-refractivity contribution in [1.29, 1.82) is 0 Å². The van der Waals surface area contributed by atoms with E-state index in [9.17, 15) is 4.79 Å². The van der Waals surface area contributed by atoms with E-state index in [0.29, 0.717) is 6.54 Å². The van der Waals surface area contributed by atoms with Crippen LogP contribution in [0.25, 0.3) is 0 Å². The maximum absolute atomic E-state index is 12.3. The molecule has 0 aliphatic carbocycles. The zero-order valence-corrected chi connectivity index (χ0v) is 13.7. The highest BCUT2D eigenvalue weighted by Crippen LogP contribution is 2.22. The van der Waals surface area contributed by atoms with Crippen molar-refractivity contribution in [3.05, 3.63) is 28.8 Å². The van der Waals surface area contributed by atoms with E-state index in [0.717, 1.165) is 29.9 Å². The van der Waals surface area contributed by atoms with Crippen LogP contribution in [0.4, 0.5) is 5.69 Å². The molecule has 0 unspecified atom stereocenters. The Morgan fingerprint density at radius 2 is 1.52 bits per heavy atom. The molecule has 0 atom stereocenters. The summed E-state index contributed by atoms with van der Waals surface area (Å²) >= 11 is 0. The number of carbonyl (C=O) groups excluding carboxylic acids is 1. The van der Waals surface area contributed by atoms with Gasteiger partial charge < -0.3 is 5.32 Å². The van der Waals surface area contributed by atoms with Crippen LogP contribution in [0.3, 0.4) is 0 Å². The number of benzene rings is 1. The lowest BCUT2D eigenvalue weighted by Crippen LogP contribution is -2.35. The van der Waals surface area contributed by atoms with E-state index < -0.39 is 0 Å². The van der Waals surface area contributed by atoms with Crippen LogP contribution in [0.1, 0.15) is 48.8 Å². The molecule has 0 saturated carbocycles. The number of nitrogens with one attached hydrogen (secondary N) is 1. The van der Waals surface area contributed by atoms with E-state index in [1.165, 1.54) is 37.7 Å². The molecule has 2 rings (SSSR count). The van der Waals surface area contributed by atoms with Crippen LogP contribution >= 0.6 is 0 Å². The van der Waals surface area contributed by atoms with Gasteiger partial charge in [-0.25, -0.2) is 0 Å². The summed E-state index contributed by atoms with van der Waals surface area (Å²) in [7, 11) is 0. The van der Waals surface area contributed by atoms with Crippen molar-refractivity contribution in [2.75, 3.05) is 25.0 Å². The first kappa shape index (κ1) is 16.0. The molecule has 0 aromatic heterocycles. The van der Waals surface area contributed by atoms with Crippen LogP contribution in [-0.2, 0) is 4.79 Å². The van der Waals surface area contributed by atoms with Gasteiger partial charge in [-0.15, -0.1) is 0 Å². The molecule has 3 heteroatoms. The van der Waals surface area contributed by atoms with Crippen molar-refractivity contribution in [2.45, 2.75) is 52.9 Å². The monoisotopic (exact) mass is 288 g/mol. The molecule has 1 aromatic rings. The molecule has 1 N–H and O–H groups in total. The maximum atomic E-state index is 12.3. The molecule has 1 aromatic carbocycles. The van der Waals surface area contributed by atoms with Gasteiger partial charge >= 0.3 is 0 Å². The Bertz CT molecular complexity index is 465. The molecule has 0 radical (unpaired) electrons. The number of likely N-dealkylation sites (tertiary alicyclic amines) is 1. The lowest BCUT2D eigenvalue weighted by Gasteiger charge is -2.24. The van der Waals surface area contributed by atoms with Crippen LogP contribution < -0.4 is 5.32 Å². The number of amides is 1. The normalized spacial score (nSPS) is 17.1. The Balaban J connectivity index is 1.95. The molecule has 0 bridgehead atoms. The fourth-order valence-corrected chi connectivity index (χ4v) is 3.23. The average Bonchev–Trinajstić information content (AvgIpc) is 2.37. The number of rotatable bonds is 3. The Morgan fingerprint density at radius 3 is 2.10 bits per heavy atom. The second-order valence-corrected chi connectivity index (χ2v) is 6.37. The van der Waals surface area contributed by atoms with Gasteiger partial charge in [-0.2, -0.15) is 0 Å². The third-order valence-electron chi connectivity index (χ3n) is 4.26. The summed E-state index contributed by atoms with van der Waals surface area (Å²) in [5, 5.41) is 3.11. The van der Waals surface area contributed by atoms with E-state index in [4.69, 9.17) is 0 Å². The van der Waals surface area contributed by atoms with Gasteiger partial charge in [0.1, 0.15) is 0 Å². The summed E-state index contributed by atoms with van der Waals surface area (Å²) in [6.45, 7) is 8.84. The lowest BCUT2D eigenvalue weighted by atomic mass is 10.1. The first-order valence-electron chi connectivity index (χ1n) is 8.16. The summed E-state index contributed by atoms with van der Waals surface area (Å²) in [6, 6.07) is 4.25. The number of aryl methyl sites for hydroxylation is 3. The number of hydrogen-bond donors (Lipinski definition) is 1. The van der Waals surface area contributed by atoms with Crippen LogP contribution in [-0.4, -0.2) is 30.4 Å². The SMILES string of the molecule is Cc1cc(C)c(NC(=O)CN2CCCCCCC2)c(C)c1. The van der Waals surface area contributed by atoms with Gasteiger partial charge in [0.15, 0.2) is 0 Å². The summed E-state index contributed by atoms with van der Waals surface area (Å²) in [5.41, 5.74) is 4.52. The van der Waals surface area contributed by atoms with Gasteiger partial charge in [0.2, 0.25) is 5.91 Å². The second kappa shape index (κ2) is 7.60. The van der Waals surface area contributed by atoms with Gasteiger partial charge in [-0.3, -0.25) is 9.69 Å². The van der Waals surface area contributed by atoms with E-state index >= 15 is 0 Å².